The van der Waals surface area contributed by atoms with Gasteiger partial charge in [-0.15, -0.1) is 0 Å². The van der Waals surface area contributed by atoms with E-state index >= 15 is 0 Å². The number of carbonyl (C=O) groups is 1. The van der Waals surface area contributed by atoms with Crippen LogP contribution < -0.4 is 4.74 Å². The molecule has 0 saturated heterocycles. The predicted molar refractivity (Wildman–Crippen MR) is 121 cm³/mol. The van der Waals surface area contributed by atoms with E-state index in [9.17, 15) is 4.79 Å². The van der Waals surface area contributed by atoms with E-state index in [0.29, 0.717) is 28.6 Å². The Hall–Kier alpha value is -3.86. The average molecular weight is 412 g/mol. The average Bonchev–Trinajstić information content (AvgIpc) is 3.25. The molecule has 156 valence electrons. The fourth-order valence-corrected chi connectivity index (χ4v) is 3.42. The fourth-order valence-electron chi connectivity index (χ4n) is 3.42. The van der Waals surface area contributed by atoms with E-state index in [4.69, 9.17) is 9.47 Å². The second-order valence-electron chi connectivity index (χ2n) is 7.53. The third-order valence-corrected chi connectivity index (χ3v) is 5.13. The van der Waals surface area contributed by atoms with E-state index in [1.54, 1.807) is 0 Å². The van der Waals surface area contributed by atoms with Crippen LogP contribution in [-0.4, -0.2) is 23.3 Å². The number of para-hydroxylation sites is 1. The molecule has 31 heavy (non-hydrogen) atoms. The highest BCUT2D eigenvalue weighted by Gasteiger charge is 2.22. The van der Waals surface area contributed by atoms with Crippen LogP contribution in [0, 0.1) is 0 Å². The minimum Gasteiger partial charge on any atom is -0.464 e. The van der Waals surface area contributed by atoms with E-state index in [1.165, 1.54) is 12.7 Å². The number of nitrogens with zero attached hydrogens (tertiary/aromatic N) is 1. The zero-order valence-electron chi connectivity index (χ0n) is 17.8. The van der Waals surface area contributed by atoms with Gasteiger partial charge in [0.25, 0.3) is 0 Å². The Morgan fingerprint density at radius 1 is 0.839 bits per heavy atom. The van der Waals surface area contributed by atoms with Crippen LogP contribution in [0.5, 0.6) is 11.5 Å². The first-order chi connectivity index (χ1) is 15.1. The number of ether oxygens (including phenoxy) is 2. The van der Waals surface area contributed by atoms with Crippen molar-refractivity contribution in [1.29, 1.82) is 0 Å². The number of hydrogen-bond acceptors (Lipinski definition) is 4. The molecule has 0 spiro atoms. The number of rotatable bonds is 6. The van der Waals surface area contributed by atoms with Gasteiger partial charge in [0.05, 0.1) is 7.11 Å². The zero-order valence-corrected chi connectivity index (χ0v) is 17.8. The summed E-state index contributed by atoms with van der Waals surface area (Å²) in [6.07, 6.45) is 0. The van der Waals surface area contributed by atoms with E-state index in [-0.39, 0.29) is 0 Å². The largest absolute Gasteiger partial charge is 0.464 e. The fraction of sp³-hybridized carbons (Fsp3) is 0.154. The second-order valence-corrected chi connectivity index (χ2v) is 7.53. The van der Waals surface area contributed by atoms with Crippen molar-refractivity contribution in [2.75, 3.05) is 7.11 Å². The zero-order chi connectivity index (χ0) is 21.8. The highest BCUT2D eigenvalue weighted by atomic mass is 16.5. The maximum absolute atomic E-state index is 12.4. The van der Waals surface area contributed by atoms with Gasteiger partial charge in [-0.25, -0.2) is 4.79 Å². The molecule has 5 nitrogen and oxygen atoms in total. The van der Waals surface area contributed by atoms with Gasteiger partial charge in [-0.1, -0.05) is 68.4 Å². The number of aromatic amines is 1. The van der Waals surface area contributed by atoms with E-state index in [0.717, 1.165) is 16.9 Å². The molecule has 3 aromatic carbocycles. The van der Waals surface area contributed by atoms with Gasteiger partial charge >= 0.3 is 5.97 Å². The van der Waals surface area contributed by atoms with Gasteiger partial charge in [0.1, 0.15) is 17.2 Å². The molecule has 0 aliphatic heterocycles. The monoisotopic (exact) mass is 412 g/mol. The Kier molecular flexibility index (Phi) is 5.85. The summed E-state index contributed by atoms with van der Waals surface area (Å²) < 4.78 is 10.9. The molecule has 5 heteroatoms. The third-order valence-electron chi connectivity index (χ3n) is 5.13. The summed E-state index contributed by atoms with van der Waals surface area (Å²) in [7, 11) is 1.36. The molecule has 0 unspecified atom stereocenters. The first-order valence-corrected chi connectivity index (χ1v) is 10.2. The first kappa shape index (κ1) is 20.4. The van der Waals surface area contributed by atoms with Crippen molar-refractivity contribution in [2.24, 2.45) is 0 Å². The standard InChI is InChI=1S/C26H24N2O3/c1-17(2)18-9-11-20(12-10-18)24-23(25(28-27-24)26(29)30-3)19-13-15-22(16-14-19)31-21-7-5-4-6-8-21/h4-17H,1-3H3,(H,27,28). The first-order valence-electron chi connectivity index (χ1n) is 10.2. The smallest absolute Gasteiger partial charge is 0.356 e. The summed E-state index contributed by atoms with van der Waals surface area (Å²) in [6, 6.07) is 25.4. The number of benzene rings is 3. The van der Waals surface area contributed by atoms with Crippen LogP contribution in [0.15, 0.2) is 78.9 Å². The Labute approximate surface area is 181 Å². The normalized spacial score (nSPS) is 10.8. The van der Waals surface area contributed by atoms with Crippen molar-refractivity contribution >= 4 is 5.97 Å². The Morgan fingerprint density at radius 3 is 2.06 bits per heavy atom. The Balaban J connectivity index is 1.72. The van der Waals surface area contributed by atoms with Crippen LogP contribution >= 0.6 is 0 Å². The summed E-state index contributed by atoms with van der Waals surface area (Å²) in [5.41, 5.74) is 4.74. The van der Waals surface area contributed by atoms with E-state index < -0.39 is 5.97 Å². The highest BCUT2D eigenvalue weighted by Crippen LogP contribution is 2.35. The SMILES string of the molecule is COC(=O)c1[nH]nc(-c2ccc(C(C)C)cc2)c1-c1ccc(Oc2ccccc2)cc1. The lowest BCUT2D eigenvalue weighted by atomic mass is 9.96. The number of methoxy groups -OCH3 is 1. The summed E-state index contributed by atoms with van der Waals surface area (Å²) in [6.45, 7) is 4.31. The lowest BCUT2D eigenvalue weighted by Gasteiger charge is -2.10. The predicted octanol–water partition coefficient (Wildman–Crippen LogP) is 6.45. The second kappa shape index (κ2) is 8.88. The van der Waals surface area contributed by atoms with Gasteiger partial charge < -0.3 is 9.47 Å². The highest BCUT2D eigenvalue weighted by molar-refractivity contribution is 5.99. The maximum Gasteiger partial charge on any atom is 0.356 e. The third kappa shape index (κ3) is 4.36. The molecular weight excluding hydrogens is 388 g/mol. The molecule has 4 aromatic rings. The molecule has 4 rings (SSSR count). The minimum atomic E-state index is -0.461. The summed E-state index contributed by atoms with van der Waals surface area (Å²) >= 11 is 0. The molecule has 0 aliphatic rings. The number of nitrogens with one attached hydrogen (secondary N) is 1. The van der Waals surface area contributed by atoms with Crippen LogP contribution in [0.25, 0.3) is 22.4 Å². The van der Waals surface area contributed by atoms with Crippen molar-refractivity contribution in [2.45, 2.75) is 19.8 Å². The molecule has 0 atom stereocenters. The van der Waals surface area contributed by atoms with Gasteiger partial charge in [0.2, 0.25) is 0 Å². The summed E-state index contributed by atoms with van der Waals surface area (Å²) in [5.74, 6) is 1.45. The molecule has 1 aromatic heterocycles. The van der Waals surface area contributed by atoms with Crippen molar-refractivity contribution in [3.05, 3.63) is 90.1 Å². The van der Waals surface area contributed by atoms with Crippen LogP contribution in [-0.2, 0) is 4.74 Å². The van der Waals surface area contributed by atoms with Crippen LogP contribution in [0.2, 0.25) is 0 Å². The number of carbonyl (C=O) groups excluding carboxylic acids is 1. The molecule has 0 fully saturated rings. The molecule has 0 radical (unpaired) electrons. The lowest BCUT2D eigenvalue weighted by molar-refractivity contribution is 0.0595. The number of aromatic nitrogens is 2. The minimum absolute atomic E-state index is 0.321. The lowest BCUT2D eigenvalue weighted by Crippen LogP contribution is -2.03. The maximum atomic E-state index is 12.4. The molecule has 0 saturated carbocycles. The van der Waals surface area contributed by atoms with Gasteiger partial charge in [0.15, 0.2) is 5.69 Å². The van der Waals surface area contributed by atoms with Crippen LogP contribution in [0.4, 0.5) is 0 Å². The van der Waals surface area contributed by atoms with Crippen molar-refractivity contribution in [1.82, 2.24) is 10.2 Å². The van der Waals surface area contributed by atoms with Gasteiger partial charge in [-0.2, -0.15) is 5.10 Å². The van der Waals surface area contributed by atoms with Gasteiger partial charge in [-0.3, -0.25) is 5.10 Å². The number of esters is 1. The van der Waals surface area contributed by atoms with Gasteiger partial charge in [-0.05, 0) is 41.3 Å². The molecule has 0 amide bonds. The number of hydrogen-bond donors (Lipinski definition) is 1. The number of H-pyrrole nitrogens is 1. The van der Waals surface area contributed by atoms with Gasteiger partial charge in [0, 0.05) is 11.1 Å². The molecule has 1 heterocycles. The Bertz CT molecular complexity index is 1160. The summed E-state index contributed by atoms with van der Waals surface area (Å²) in [4.78, 5) is 12.4. The summed E-state index contributed by atoms with van der Waals surface area (Å²) in [5, 5.41) is 7.30. The topological polar surface area (TPSA) is 64.2 Å². The molecule has 0 bridgehead atoms. The molecule has 0 aliphatic carbocycles. The van der Waals surface area contributed by atoms with Crippen molar-refractivity contribution in [3.63, 3.8) is 0 Å². The quantitative estimate of drug-likeness (QED) is 0.370. The van der Waals surface area contributed by atoms with Crippen LogP contribution in [0.3, 0.4) is 0 Å². The Morgan fingerprint density at radius 2 is 1.45 bits per heavy atom. The van der Waals surface area contributed by atoms with Crippen molar-refractivity contribution in [3.8, 4) is 33.9 Å². The molecule has 1 N–H and O–H groups in total. The van der Waals surface area contributed by atoms with Crippen LogP contribution in [0.1, 0.15) is 35.8 Å². The van der Waals surface area contributed by atoms with E-state index in [1.807, 2.05) is 66.7 Å². The van der Waals surface area contributed by atoms with Crippen molar-refractivity contribution < 1.29 is 14.3 Å². The van der Waals surface area contributed by atoms with E-state index in [2.05, 4.69) is 36.2 Å². The molecular formula is C26H24N2O3.